The molecule has 5 heteroatoms. The van der Waals surface area contributed by atoms with E-state index in [0.29, 0.717) is 12.2 Å². The van der Waals surface area contributed by atoms with Crippen LogP contribution in [0.1, 0.15) is 30.1 Å². The van der Waals surface area contributed by atoms with Crippen LogP contribution in [0.5, 0.6) is 0 Å². The van der Waals surface area contributed by atoms with Gasteiger partial charge in [-0.1, -0.05) is 6.07 Å². The fourth-order valence-electron chi connectivity index (χ4n) is 1.83. The van der Waals surface area contributed by atoms with Crippen molar-refractivity contribution in [3.63, 3.8) is 0 Å². The van der Waals surface area contributed by atoms with Gasteiger partial charge in [0.15, 0.2) is 0 Å². The Bertz CT molecular complexity index is 546. The number of hydrogen-bond donors (Lipinski definition) is 2. The molecule has 0 radical (unpaired) electrons. The molecule has 2 atom stereocenters. The molecular weight excluding hydrogens is 274 g/mol. The van der Waals surface area contributed by atoms with Crippen LogP contribution in [0.4, 0.5) is 0 Å². The van der Waals surface area contributed by atoms with Crippen molar-refractivity contribution in [2.24, 2.45) is 0 Å². The second kappa shape index (κ2) is 7.07. The van der Waals surface area contributed by atoms with Gasteiger partial charge < -0.3 is 14.8 Å². The summed E-state index contributed by atoms with van der Waals surface area (Å²) in [5.74, 6) is 0.345. The van der Waals surface area contributed by atoms with Crippen molar-refractivity contribution >= 4 is 23.3 Å². The SMILES string of the molecule is CC(CC(O)c1ccco1)NC(=O)/C=C/c1cccs1. The lowest BCUT2D eigenvalue weighted by Crippen LogP contribution is -2.32. The van der Waals surface area contributed by atoms with E-state index < -0.39 is 6.10 Å². The highest BCUT2D eigenvalue weighted by atomic mass is 32.1. The van der Waals surface area contributed by atoms with Gasteiger partial charge in [-0.05, 0) is 36.6 Å². The molecule has 0 aliphatic heterocycles. The third-order valence-electron chi connectivity index (χ3n) is 2.78. The zero-order valence-electron chi connectivity index (χ0n) is 11.2. The number of aliphatic hydroxyl groups excluding tert-OH is 1. The molecule has 2 rings (SSSR count). The van der Waals surface area contributed by atoms with E-state index >= 15 is 0 Å². The lowest BCUT2D eigenvalue weighted by atomic mass is 10.1. The summed E-state index contributed by atoms with van der Waals surface area (Å²) >= 11 is 1.57. The highest BCUT2D eigenvalue weighted by Crippen LogP contribution is 2.18. The predicted octanol–water partition coefficient (Wildman–Crippen LogP) is 2.98. The summed E-state index contributed by atoms with van der Waals surface area (Å²) in [5.41, 5.74) is 0. The highest BCUT2D eigenvalue weighted by molar-refractivity contribution is 7.10. The Balaban J connectivity index is 1.79. The van der Waals surface area contributed by atoms with E-state index in [0.717, 1.165) is 4.88 Å². The third-order valence-corrected chi connectivity index (χ3v) is 3.62. The number of aliphatic hydroxyl groups is 1. The Morgan fingerprint density at radius 1 is 1.50 bits per heavy atom. The Morgan fingerprint density at radius 2 is 2.35 bits per heavy atom. The average molecular weight is 291 g/mol. The van der Waals surface area contributed by atoms with E-state index in [2.05, 4.69) is 5.32 Å². The van der Waals surface area contributed by atoms with Crippen LogP contribution in [0.25, 0.3) is 6.08 Å². The van der Waals surface area contributed by atoms with Gasteiger partial charge >= 0.3 is 0 Å². The summed E-state index contributed by atoms with van der Waals surface area (Å²) in [6, 6.07) is 7.18. The Morgan fingerprint density at radius 3 is 3.00 bits per heavy atom. The van der Waals surface area contributed by atoms with Crippen molar-refractivity contribution in [3.8, 4) is 0 Å². The lowest BCUT2D eigenvalue weighted by molar-refractivity contribution is -0.117. The fraction of sp³-hybridized carbons (Fsp3) is 0.267. The van der Waals surface area contributed by atoms with Crippen molar-refractivity contribution in [2.45, 2.75) is 25.5 Å². The predicted molar refractivity (Wildman–Crippen MR) is 79.2 cm³/mol. The van der Waals surface area contributed by atoms with Gasteiger partial charge in [0.05, 0.1) is 6.26 Å². The third kappa shape index (κ3) is 4.36. The van der Waals surface area contributed by atoms with Crippen LogP contribution in [-0.2, 0) is 4.79 Å². The molecule has 20 heavy (non-hydrogen) atoms. The number of furan rings is 1. The maximum Gasteiger partial charge on any atom is 0.244 e. The van der Waals surface area contributed by atoms with Crippen LogP contribution < -0.4 is 5.32 Å². The molecule has 2 aromatic heterocycles. The molecule has 1 amide bonds. The van der Waals surface area contributed by atoms with E-state index in [1.54, 1.807) is 29.5 Å². The number of hydrogen-bond acceptors (Lipinski definition) is 4. The summed E-state index contributed by atoms with van der Waals surface area (Å²) in [5, 5.41) is 14.7. The largest absolute Gasteiger partial charge is 0.467 e. The molecule has 0 fully saturated rings. The van der Waals surface area contributed by atoms with Crippen molar-refractivity contribution < 1.29 is 14.3 Å². The lowest BCUT2D eigenvalue weighted by Gasteiger charge is -2.15. The summed E-state index contributed by atoms with van der Waals surface area (Å²) in [7, 11) is 0. The smallest absolute Gasteiger partial charge is 0.244 e. The first kappa shape index (κ1) is 14.6. The normalized spacial score (nSPS) is 14.3. The second-order valence-electron chi connectivity index (χ2n) is 4.53. The molecule has 0 bridgehead atoms. The summed E-state index contributed by atoms with van der Waals surface area (Å²) in [6.07, 6.45) is 4.50. The molecule has 0 saturated carbocycles. The molecule has 0 aromatic carbocycles. The molecular formula is C15H17NO3S. The minimum atomic E-state index is -0.707. The monoisotopic (exact) mass is 291 g/mol. The molecule has 2 unspecified atom stereocenters. The zero-order valence-corrected chi connectivity index (χ0v) is 12.0. The summed E-state index contributed by atoms with van der Waals surface area (Å²) < 4.78 is 5.12. The van der Waals surface area contributed by atoms with Crippen LogP contribution in [0.2, 0.25) is 0 Å². The molecule has 2 aromatic rings. The number of thiophene rings is 1. The zero-order chi connectivity index (χ0) is 14.4. The number of nitrogens with one attached hydrogen (secondary N) is 1. The van der Waals surface area contributed by atoms with Crippen LogP contribution in [-0.4, -0.2) is 17.1 Å². The van der Waals surface area contributed by atoms with Crippen LogP contribution in [0, 0.1) is 0 Å². The number of carbonyl (C=O) groups is 1. The van der Waals surface area contributed by atoms with Crippen molar-refractivity contribution in [1.29, 1.82) is 0 Å². The van der Waals surface area contributed by atoms with Gasteiger partial charge in [0.2, 0.25) is 5.91 Å². The van der Waals surface area contributed by atoms with E-state index in [1.165, 1.54) is 12.3 Å². The van der Waals surface area contributed by atoms with Gasteiger partial charge in [0.1, 0.15) is 11.9 Å². The van der Waals surface area contributed by atoms with Gasteiger partial charge in [0.25, 0.3) is 0 Å². The topological polar surface area (TPSA) is 62.5 Å². The summed E-state index contributed by atoms with van der Waals surface area (Å²) in [4.78, 5) is 12.7. The van der Waals surface area contributed by atoms with Gasteiger partial charge in [0, 0.05) is 23.4 Å². The van der Waals surface area contributed by atoms with Gasteiger partial charge in [-0.15, -0.1) is 11.3 Å². The quantitative estimate of drug-likeness (QED) is 0.804. The molecule has 0 saturated heterocycles. The molecule has 0 aliphatic rings. The van der Waals surface area contributed by atoms with Gasteiger partial charge in [-0.3, -0.25) is 4.79 Å². The average Bonchev–Trinajstić information content (AvgIpc) is 3.09. The molecule has 2 N–H and O–H groups in total. The first-order chi connectivity index (χ1) is 9.65. The van der Waals surface area contributed by atoms with Gasteiger partial charge in [-0.2, -0.15) is 0 Å². The standard InChI is InChI=1S/C15H17NO3S/c1-11(10-13(17)14-5-2-8-19-14)16-15(18)7-6-12-4-3-9-20-12/h2-9,11,13,17H,10H2,1H3,(H,16,18)/b7-6+. The molecule has 4 nitrogen and oxygen atoms in total. The van der Waals surface area contributed by atoms with E-state index in [1.807, 2.05) is 24.4 Å². The maximum atomic E-state index is 11.7. The minimum absolute atomic E-state index is 0.143. The van der Waals surface area contributed by atoms with Crippen molar-refractivity contribution in [2.75, 3.05) is 0 Å². The van der Waals surface area contributed by atoms with Gasteiger partial charge in [-0.25, -0.2) is 0 Å². The second-order valence-corrected chi connectivity index (χ2v) is 5.50. The minimum Gasteiger partial charge on any atom is -0.467 e. The van der Waals surface area contributed by atoms with Crippen LogP contribution in [0.15, 0.2) is 46.4 Å². The maximum absolute atomic E-state index is 11.7. The van der Waals surface area contributed by atoms with E-state index in [9.17, 15) is 9.90 Å². The Labute approximate surface area is 121 Å². The number of rotatable bonds is 6. The first-order valence-electron chi connectivity index (χ1n) is 6.38. The first-order valence-corrected chi connectivity index (χ1v) is 7.26. The van der Waals surface area contributed by atoms with E-state index in [4.69, 9.17) is 4.42 Å². The number of carbonyl (C=O) groups excluding carboxylic acids is 1. The summed E-state index contributed by atoms with van der Waals surface area (Å²) in [6.45, 7) is 1.85. The Hall–Kier alpha value is -1.85. The number of amides is 1. The highest BCUT2D eigenvalue weighted by Gasteiger charge is 2.15. The molecule has 2 heterocycles. The molecule has 0 aliphatic carbocycles. The van der Waals surface area contributed by atoms with Crippen molar-refractivity contribution in [1.82, 2.24) is 5.32 Å². The molecule has 0 spiro atoms. The Kier molecular flexibility index (Phi) is 5.15. The van der Waals surface area contributed by atoms with Crippen LogP contribution in [0.3, 0.4) is 0 Å². The van der Waals surface area contributed by atoms with Crippen molar-refractivity contribution in [3.05, 3.63) is 52.6 Å². The fourth-order valence-corrected chi connectivity index (χ4v) is 2.44. The molecule has 106 valence electrons. The van der Waals surface area contributed by atoms with Crippen LogP contribution >= 0.6 is 11.3 Å². The van der Waals surface area contributed by atoms with E-state index in [-0.39, 0.29) is 11.9 Å².